The number of carbonyl (C=O) groups is 1. The first-order chi connectivity index (χ1) is 13.7. The molecule has 4 aromatic rings. The Morgan fingerprint density at radius 2 is 1.86 bits per heavy atom. The smallest absolute Gasteiger partial charge is 0.323 e. The van der Waals surface area contributed by atoms with Crippen LogP contribution in [0.1, 0.15) is 11.5 Å². The molecule has 0 spiro atoms. The molecule has 0 atom stereocenters. The molecule has 0 saturated carbocycles. The van der Waals surface area contributed by atoms with Crippen LogP contribution < -0.4 is 10.6 Å². The number of aromatic nitrogens is 2. The molecule has 0 fully saturated rings. The van der Waals surface area contributed by atoms with Gasteiger partial charge in [0.05, 0.1) is 11.3 Å². The van der Waals surface area contributed by atoms with E-state index in [1.807, 2.05) is 35.7 Å². The number of thiophene rings is 1. The molecule has 6 nitrogen and oxygen atoms in total. The molecular formula is C20H15FN4O2S. The lowest BCUT2D eigenvalue weighted by Gasteiger charge is -2.11. The van der Waals surface area contributed by atoms with E-state index in [-0.39, 0.29) is 5.82 Å². The minimum absolute atomic E-state index is 0.363. The molecule has 0 aliphatic rings. The molecule has 28 heavy (non-hydrogen) atoms. The van der Waals surface area contributed by atoms with Gasteiger partial charge < -0.3 is 15.2 Å². The molecule has 0 bridgehead atoms. The molecule has 2 N–H and O–H groups in total. The summed E-state index contributed by atoms with van der Waals surface area (Å²) in [6, 6.07) is 16.3. The number of nitrogens with zero attached hydrogens (tertiary/aromatic N) is 2. The Morgan fingerprint density at radius 3 is 2.64 bits per heavy atom. The molecule has 4 rings (SSSR count). The van der Waals surface area contributed by atoms with E-state index in [9.17, 15) is 9.18 Å². The highest BCUT2D eigenvalue weighted by atomic mass is 32.1. The third-order valence-electron chi connectivity index (χ3n) is 3.92. The predicted octanol–water partition coefficient (Wildman–Crippen LogP) is 5.17. The summed E-state index contributed by atoms with van der Waals surface area (Å²) >= 11 is 1.54. The summed E-state index contributed by atoms with van der Waals surface area (Å²) in [6.45, 7) is 0. The van der Waals surface area contributed by atoms with Gasteiger partial charge >= 0.3 is 6.03 Å². The number of para-hydroxylation sites is 1. The molecule has 2 amide bonds. The maximum Gasteiger partial charge on any atom is 0.323 e. The monoisotopic (exact) mass is 394 g/mol. The van der Waals surface area contributed by atoms with Crippen molar-refractivity contribution in [2.45, 2.75) is 6.42 Å². The summed E-state index contributed by atoms with van der Waals surface area (Å²) < 4.78 is 18.3. The Kier molecular flexibility index (Phi) is 5.11. The van der Waals surface area contributed by atoms with E-state index in [1.54, 1.807) is 6.07 Å². The Balaban J connectivity index is 1.46. The number of hydrogen-bond donors (Lipinski definition) is 2. The predicted molar refractivity (Wildman–Crippen MR) is 106 cm³/mol. The standard InChI is InChI=1S/C20H15FN4O2S/c21-14-7-9-15(10-8-14)22-20(26)23-16-5-2-1-4-13(16)12-18-24-19(25-27-18)17-6-3-11-28-17/h1-11H,12H2,(H2,22,23,26). The first-order valence-corrected chi connectivity index (χ1v) is 9.33. The average molecular weight is 394 g/mol. The van der Waals surface area contributed by atoms with Crippen LogP contribution in [0.4, 0.5) is 20.6 Å². The Bertz CT molecular complexity index is 1080. The van der Waals surface area contributed by atoms with E-state index in [0.29, 0.717) is 29.5 Å². The van der Waals surface area contributed by atoms with Crippen LogP contribution in [0.2, 0.25) is 0 Å². The van der Waals surface area contributed by atoms with Gasteiger partial charge in [-0.15, -0.1) is 11.3 Å². The third-order valence-corrected chi connectivity index (χ3v) is 4.78. The Hall–Kier alpha value is -3.52. The average Bonchev–Trinajstić information content (AvgIpc) is 3.37. The van der Waals surface area contributed by atoms with Crippen LogP contribution in [-0.4, -0.2) is 16.2 Å². The van der Waals surface area contributed by atoms with Crippen LogP contribution in [-0.2, 0) is 6.42 Å². The molecule has 2 aromatic heterocycles. The third kappa shape index (κ3) is 4.24. The fraction of sp³-hybridized carbons (Fsp3) is 0.0500. The maximum atomic E-state index is 13.0. The van der Waals surface area contributed by atoms with E-state index >= 15 is 0 Å². The van der Waals surface area contributed by atoms with Crippen LogP contribution >= 0.6 is 11.3 Å². The number of halogens is 1. The maximum absolute atomic E-state index is 13.0. The van der Waals surface area contributed by atoms with Crippen molar-refractivity contribution >= 4 is 28.7 Å². The van der Waals surface area contributed by atoms with Gasteiger partial charge in [0.1, 0.15) is 5.82 Å². The van der Waals surface area contributed by atoms with Crippen LogP contribution in [0.15, 0.2) is 70.6 Å². The molecule has 2 aromatic carbocycles. The zero-order valence-corrected chi connectivity index (χ0v) is 15.4. The lowest BCUT2D eigenvalue weighted by molar-refractivity contribution is 0.262. The highest BCUT2D eigenvalue weighted by Crippen LogP contribution is 2.24. The van der Waals surface area contributed by atoms with Crippen molar-refractivity contribution in [2.24, 2.45) is 0 Å². The summed E-state index contributed by atoms with van der Waals surface area (Å²) in [5.74, 6) is 0.638. The number of nitrogens with one attached hydrogen (secondary N) is 2. The molecule has 0 saturated heterocycles. The molecule has 0 aliphatic carbocycles. The van der Waals surface area contributed by atoms with Crippen molar-refractivity contribution in [1.82, 2.24) is 10.1 Å². The second kappa shape index (κ2) is 8.01. The van der Waals surface area contributed by atoms with Crippen LogP contribution in [0.5, 0.6) is 0 Å². The van der Waals surface area contributed by atoms with Gasteiger partial charge in [0.2, 0.25) is 11.7 Å². The van der Waals surface area contributed by atoms with Crippen molar-refractivity contribution in [1.29, 1.82) is 0 Å². The summed E-state index contributed by atoms with van der Waals surface area (Å²) in [4.78, 5) is 17.6. The first-order valence-electron chi connectivity index (χ1n) is 8.45. The molecule has 0 radical (unpaired) electrons. The lowest BCUT2D eigenvalue weighted by atomic mass is 10.1. The number of carbonyl (C=O) groups excluding carboxylic acids is 1. The lowest BCUT2D eigenvalue weighted by Crippen LogP contribution is -2.20. The number of amides is 2. The molecular weight excluding hydrogens is 379 g/mol. The van der Waals surface area contributed by atoms with Crippen LogP contribution in [0.3, 0.4) is 0 Å². The molecule has 140 valence electrons. The summed E-state index contributed by atoms with van der Waals surface area (Å²) in [7, 11) is 0. The molecule has 0 aliphatic heterocycles. The van der Waals surface area contributed by atoms with E-state index in [2.05, 4.69) is 20.8 Å². The normalized spacial score (nSPS) is 10.6. The van der Waals surface area contributed by atoms with Crippen molar-refractivity contribution < 1.29 is 13.7 Å². The highest BCUT2D eigenvalue weighted by Gasteiger charge is 2.13. The topological polar surface area (TPSA) is 80.0 Å². The van der Waals surface area contributed by atoms with Crippen molar-refractivity contribution in [2.75, 3.05) is 10.6 Å². The van der Waals surface area contributed by atoms with Gasteiger partial charge in [-0.05, 0) is 47.3 Å². The minimum atomic E-state index is -0.427. The number of rotatable bonds is 5. The number of hydrogen-bond acceptors (Lipinski definition) is 5. The summed E-state index contributed by atoms with van der Waals surface area (Å²) in [6.07, 6.45) is 0.380. The molecule has 2 heterocycles. The zero-order chi connectivity index (χ0) is 19.3. The van der Waals surface area contributed by atoms with E-state index in [0.717, 1.165) is 10.4 Å². The van der Waals surface area contributed by atoms with Gasteiger partial charge in [-0.25, -0.2) is 9.18 Å². The summed E-state index contributed by atoms with van der Waals surface area (Å²) in [5.41, 5.74) is 1.95. The minimum Gasteiger partial charge on any atom is -0.339 e. The van der Waals surface area contributed by atoms with Gasteiger partial charge in [-0.2, -0.15) is 4.98 Å². The SMILES string of the molecule is O=C(Nc1ccc(F)cc1)Nc1ccccc1Cc1nc(-c2cccs2)no1. The van der Waals surface area contributed by atoms with Crippen molar-refractivity contribution in [3.63, 3.8) is 0 Å². The Labute approximate surface area is 164 Å². The molecule has 8 heteroatoms. The van der Waals surface area contributed by atoms with E-state index in [4.69, 9.17) is 4.52 Å². The van der Waals surface area contributed by atoms with Crippen molar-refractivity contribution in [3.05, 3.63) is 83.3 Å². The number of benzene rings is 2. The second-order valence-electron chi connectivity index (χ2n) is 5.91. The quantitative estimate of drug-likeness (QED) is 0.489. The van der Waals surface area contributed by atoms with Gasteiger partial charge in [0.15, 0.2) is 0 Å². The van der Waals surface area contributed by atoms with Crippen LogP contribution in [0.25, 0.3) is 10.7 Å². The van der Waals surface area contributed by atoms with Gasteiger partial charge in [-0.3, -0.25) is 0 Å². The van der Waals surface area contributed by atoms with Gasteiger partial charge in [0, 0.05) is 11.4 Å². The number of anilines is 2. The fourth-order valence-electron chi connectivity index (χ4n) is 2.61. The largest absolute Gasteiger partial charge is 0.339 e. The molecule has 0 unspecified atom stereocenters. The first kappa shape index (κ1) is 17.9. The van der Waals surface area contributed by atoms with E-state index < -0.39 is 6.03 Å². The zero-order valence-electron chi connectivity index (χ0n) is 14.6. The number of urea groups is 1. The van der Waals surface area contributed by atoms with Crippen molar-refractivity contribution in [3.8, 4) is 10.7 Å². The second-order valence-corrected chi connectivity index (χ2v) is 6.86. The van der Waals surface area contributed by atoms with Crippen LogP contribution in [0, 0.1) is 5.82 Å². The van der Waals surface area contributed by atoms with Gasteiger partial charge in [-0.1, -0.05) is 29.4 Å². The fourth-order valence-corrected chi connectivity index (χ4v) is 3.26. The Morgan fingerprint density at radius 1 is 1.04 bits per heavy atom. The van der Waals surface area contributed by atoms with E-state index in [1.165, 1.54) is 35.6 Å². The highest BCUT2D eigenvalue weighted by molar-refractivity contribution is 7.13. The van der Waals surface area contributed by atoms with Gasteiger partial charge in [0.25, 0.3) is 0 Å². The summed E-state index contributed by atoms with van der Waals surface area (Å²) in [5, 5.41) is 11.4.